The molecule has 3 heterocycles. The largest absolute Gasteiger partial charge is 0.449 e. The van der Waals surface area contributed by atoms with Crippen LogP contribution in [0, 0.1) is 5.92 Å². The Hall–Kier alpha value is -1.78. The minimum Gasteiger partial charge on any atom is -0.449 e. The van der Waals surface area contributed by atoms with Crippen molar-refractivity contribution in [2.24, 2.45) is 5.92 Å². The molecule has 0 saturated carbocycles. The minimum absolute atomic E-state index is 0.137. The van der Waals surface area contributed by atoms with Crippen molar-refractivity contribution in [3.63, 3.8) is 0 Å². The number of rotatable bonds is 6. The van der Waals surface area contributed by atoms with Gasteiger partial charge in [-0.2, -0.15) is 0 Å². The van der Waals surface area contributed by atoms with Crippen molar-refractivity contribution >= 4 is 11.9 Å². The highest BCUT2D eigenvalue weighted by molar-refractivity contribution is 5.67. The maximum atomic E-state index is 12.0. The topological polar surface area (TPSA) is 54.5 Å². The van der Waals surface area contributed by atoms with Gasteiger partial charge in [-0.05, 0) is 56.1 Å². The lowest BCUT2D eigenvalue weighted by Gasteiger charge is -2.18. The maximum Gasteiger partial charge on any atom is 0.409 e. The van der Waals surface area contributed by atoms with Gasteiger partial charge in [-0.15, -0.1) is 0 Å². The summed E-state index contributed by atoms with van der Waals surface area (Å²) in [5.74, 6) is 1.64. The van der Waals surface area contributed by atoms with E-state index in [1.807, 2.05) is 4.90 Å². The fraction of sp³-hybridized carbons (Fsp3) is 0.684. The summed E-state index contributed by atoms with van der Waals surface area (Å²) < 4.78 is 5.31. The molecule has 132 valence electrons. The van der Waals surface area contributed by atoms with E-state index in [1.165, 1.54) is 12.0 Å². The lowest BCUT2D eigenvalue weighted by molar-refractivity contribution is 0.108. The number of aromatic nitrogens is 1. The summed E-state index contributed by atoms with van der Waals surface area (Å²) in [6.07, 6.45) is 7.34. The van der Waals surface area contributed by atoms with Crippen molar-refractivity contribution in [2.45, 2.75) is 51.9 Å². The number of pyridine rings is 1. The summed E-state index contributed by atoms with van der Waals surface area (Å²) >= 11 is 0. The molecule has 24 heavy (non-hydrogen) atoms. The number of carbonyl (C=O) groups is 1. The Labute approximate surface area is 144 Å². The van der Waals surface area contributed by atoms with E-state index in [2.05, 4.69) is 24.4 Å². The molecule has 1 amide bonds. The molecule has 1 N–H and O–H groups in total. The predicted octanol–water partition coefficient (Wildman–Crippen LogP) is 3.63. The number of nitrogens with one attached hydrogen (secondary N) is 1. The summed E-state index contributed by atoms with van der Waals surface area (Å²) in [4.78, 5) is 18.6. The second kappa shape index (κ2) is 8.36. The van der Waals surface area contributed by atoms with E-state index in [-0.39, 0.29) is 6.09 Å². The predicted molar refractivity (Wildman–Crippen MR) is 95.3 cm³/mol. The molecule has 1 aromatic rings. The van der Waals surface area contributed by atoms with Crippen LogP contribution in [-0.2, 0) is 17.6 Å². The van der Waals surface area contributed by atoms with Gasteiger partial charge in [-0.3, -0.25) is 0 Å². The molecule has 5 nitrogen and oxygen atoms in total. The fourth-order valence-corrected chi connectivity index (χ4v) is 3.49. The van der Waals surface area contributed by atoms with Crippen LogP contribution in [0.1, 0.15) is 50.3 Å². The average molecular weight is 331 g/mol. The summed E-state index contributed by atoms with van der Waals surface area (Å²) in [5, 5.41) is 3.40. The molecule has 0 unspecified atom stereocenters. The first-order valence-corrected chi connectivity index (χ1v) is 9.40. The number of carbonyl (C=O) groups excluding carboxylic acids is 1. The molecular weight excluding hydrogens is 302 g/mol. The quantitative estimate of drug-likeness (QED) is 0.809. The monoisotopic (exact) mass is 331 g/mol. The molecule has 1 saturated heterocycles. The van der Waals surface area contributed by atoms with Gasteiger partial charge < -0.3 is 15.0 Å². The number of amides is 1. The van der Waals surface area contributed by atoms with E-state index in [0.29, 0.717) is 12.5 Å². The molecule has 2 aliphatic rings. The number of likely N-dealkylation sites (tertiary alicyclic amines) is 1. The van der Waals surface area contributed by atoms with Gasteiger partial charge in [0.25, 0.3) is 0 Å². The average Bonchev–Trinajstić information content (AvgIpc) is 3.09. The Kier molecular flexibility index (Phi) is 5.94. The molecule has 0 aromatic carbocycles. The molecule has 0 radical (unpaired) electrons. The number of ether oxygens (including phenoxy) is 1. The van der Waals surface area contributed by atoms with Crippen LogP contribution in [0.4, 0.5) is 10.6 Å². The van der Waals surface area contributed by atoms with Crippen LogP contribution in [0.5, 0.6) is 0 Å². The number of anilines is 1. The highest BCUT2D eigenvalue weighted by atomic mass is 16.6. The highest BCUT2D eigenvalue weighted by Crippen LogP contribution is 2.24. The Bertz CT molecular complexity index is 562. The van der Waals surface area contributed by atoms with Gasteiger partial charge in [-0.25, -0.2) is 9.78 Å². The number of unbranched alkanes of at least 4 members (excludes halogenated alkanes) is 1. The van der Waals surface area contributed by atoms with E-state index in [4.69, 9.17) is 9.72 Å². The highest BCUT2D eigenvalue weighted by Gasteiger charge is 2.27. The van der Waals surface area contributed by atoms with Gasteiger partial charge in [0.1, 0.15) is 5.82 Å². The molecular formula is C19H29N3O2. The third kappa shape index (κ3) is 4.40. The summed E-state index contributed by atoms with van der Waals surface area (Å²) in [6, 6.07) is 4.38. The number of fused-ring (bicyclic) bond motifs is 1. The molecule has 1 atom stereocenters. The Morgan fingerprint density at radius 1 is 1.46 bits per heavy atom. The molecule has 2 aliphatic heterocycles. The van der Waals surface area contributed by atoms with Crippen molar-refractivity contribution in [1.82, 2.24) is 9.88 Å². The van der Waals surface area contributed by atoms with E-state index < -0.39 is 0 Å². The second-order valence-corrected chi connectivity index (χ2v) is 6.95. The molecule has 0 aliphatic carbocycles. The maximum absolute atomic E-state index is 12.0. The zero-order valence-electron chi connectivity index (χ0n) is 14.7. The van der Waals surface area contributed by atoms with Crippen LogP contribution in [0.15, 0.2) is 12.1 Å². The number of hydrogen-bond donors (Lipinski definition) is 1. The number of hydrogen-bond acceptors (Lipinski definition) is 4. The first-order chi connectivity index (χ1) is 11.8. The van der Waals surface area contributed by atoms with Crippen LogP contribution >= 0.6 is 0 Å². The molecule has 0 bridgehead atoms. The van der Waals surface area contributed by atoms with E-state index in [9.17, 15) is 4.79 Å². The van der Waals surface area contributed by atoms with Gasteiger partial charge in [0.2, 0.25) is 0 Å². The van der Waals surface area contributed by atoms with Crippen LogP contribution in [0.25, 0.3) is 0 Å². The van der Waals surface area contributed by atoms with Crippen molar-refractivity contribution in [2.75, 3.05) is 31.6 Å². The van der Waals surface area contributed by atoms with Gasteiger partial charge in [0, 0.05) is 25.3 Å². The second-order valence-electron chi connectivity index (χ2n) is 6.95. The van der Waals surface area contributed by atoms with Crippen LogP contribution < -0.4 is 5.32 Å². The summed E-state index contributed by atoms with van der Waals surface area (Å²) in [6.45, 7) is 5.33. The van der Waals surface area contributed by atoms with Crippen molar-refractivity contribution in [3.8, 4) is 0 Å². The standard InChI is InChI=1S/C19H29N3O2/c1-2-3-13-24-19(23)22-12-10-15(14-22)6-8-17-9-7-16-5-4-11-20-18(16)21-17/h7,9,15H,2-6,8,10-14H2,1H3,(H,20,21)/t15-/m1/s1. The Morgan fingerprint density at radius 2 is 2.38 bits per heavy atom. The number of aryl methyl sites for hydroxylation is 2. The van der Waals surface area contributed by atoms with Crippen LogP contribution in [0.2, 0.25) is 0 Å². The van der Waals surface area contributed by atoms with Crippen LogP contribution in [0.3, 0.4) is 0 Å². The normalized spacial score (nSPS) is 19.7. The molecule has 0 spiro atoms. The zero-order chi connectivity index (χ0) is 16.8. The minimum atomic E-state index is -0.137. The first-order valence-electron chi connectivity index (χ1n) is 9.40. The number of nitrogens with zero attached hydrogens (tertiary/aromatic N) is 2. The first kappa shape index (κ1) is 17.1. The summed E-state index contributed by atoms with van der Waals surface area (Å²) in [5.41, 5.74) is 2.50. The van der Waals surface area contributed by atoms with Crippen molar-refractivity contribution in [3.05, 3.63) is 23.4 Å². The third-order valence-corrected chi connectivity index (χ3v) is 5.03. The van der Waals surface area contributed by atoms with E-state index >= 15 is 0 Å². The Morgan fingerprint density at radius 3 is 3.25 bits per heavy atom. The molecule has 5 heteroatoms. The SMILES string of the molecule is CCCCOC(=O)N1CC[C@@H](CCc2ccc3c(n2)NCCC3)C1. The van der Waals surface area contributed by atoms with Crippen molar-refractivity contribution < 1.29 is 9.53 Å². The van der Waals surface area contributed by atoms with Crippen LogP contribution in [-0.4, -0.2) is 42.2 Å². The molecule has 1 aromatic heterocycles. The van der Waals surface area contributed by atoms with Gasteiger partial charge in [0.05, 0.1) is 6.61 Å². The lowest BCUT2D eigenvalue weighted by atomic mass is 10.00. The fourth-order valence-electron chi connectivity index (χ4n) is 3.49. The van der Waals surface area contributed by atoms with Gasteiger partial charge >= 0.3 is 6.09 Å². The van der Waals surface area contributed by atoms with E-state index in [1.54, 1.807) is 0 Å². The van der Waals surface area contributed by atoms with E-state index in [0.717, 1.165) is 69.7 Å². The lowest BCUT2D eigenvalue weighted by Crippen LogP contribution is -2.29. The zero-order valence-corrected chi connectivity index (χ0v) is 14.7. The van der Waals surface area contributed by atoms with Gasteiger partial charge in [-0.1, -0.05) is 19.4 Å². The molecule has 3 rings (SSSR count). The smallest absolute Gasteiger partial charge is 0.409 e. The third-order valence-electron chi connectivity index (χ3n) is 5.03. The molecule has 1 fully saturated rings. The Balaban J connectivity index is 1.43. The summed E-state index contributed by atoms with van der Waals surface area (Å²) in [7, 11) is 0. The van der Waals surface area contributed by atoms with Gasteiger partial charge in [0.15, 0.2) is 0 Å². The van der Waals surface area contributed by atoms with Crippen molar-refractivity contribution in [1.29, 1.82) is 0 Å².